The number of rotatable bonds is 1. The fourth-order valence-corrected chi connectivity index (χ4v) is 0.878. The summed E-state index contributed by atoms with van der Waals surface area (Å²) in [5.41, 5.74) is 0. The molecule has 0 aliphatic carbocycles. The van der Waals surface area contributed by atoms with E-state index in [-0.39, 0.29) is 0 Å². The van der Waals surface area contributed by atoms with Crippen molar-refractivity contribution in [2.24, 2.45) is 0 Å². The van der Waals surface area contributed by atoms with Gasteiger partial charge >= 0.3 is 6.18 Å². The number of aromatic nitrogens is 1. The molecule has 0 N–H and O–H groups in total. The van der Waals surface area contributed by atoms with Crippen molar-refractivity contribution in [3.63, 3.8) is 0 Å². The molecule has 0 saturated carbocycles. The molecule has 65 valence electrons. The van der Waals surface area contributed by atoms with E-state index in [9.17, 15) is 13.2 Å². The molecular formula is C7H6F3NS+. The maximum Gasteiger partial charge on any atom is 0.448 e. The van der Waals surface area contributed by atoms with E-state index in [0.717, 1.165) is 4.57 Å². The molecule has 0 amide bonds. The van der Waals surface area contributed by atoms with Crippen molar-refractivity contribution in [2.45, 2.75) is 17.6 Å². The van der Waals surface area contributed by atoms with Crippen LogP contribution in [0.3, 0.4) is 0 Å². The van der Waals surface area contributed by atoms with Crippen LogP contribution in [0.5, 0.6) is 0 Å². The van der Waals surface area contributed by atoms with E-state index in [0.29, 0.717) is 4.90 Å². The summed E-state index contributed by atoms with van der Waals surface area (Å²) in [6, 6.07) is 2.92. The van der Waals surface area contributed by atoms with Gasteiger partial charge in [-0.05, 0) is 0 Å². The number of nitrogens with zero attached hydrogens (tertiary/aromatic N) is 1. The van der Waals surface area contributed by atoms with Gasteiger partial charge in [0.05, 0.1) is 0 Å². The highest BCUT2D eigenvalue weighted by Gasteiger charge is 2.32. The summed E-state index contributed by atoms with van der Waals surface area (Å²) in [5, 5.41) is 0. The van der Waals surface area contributed by atoms with Crippen molar-refractivity contribution < 1.29 is 17.7 Å². The molecule has 1 aromatic heterocycles. The first kappa shape index (κ1) is 9.25. The number of hydrogen-bond donors (Lipinski definition) is 0. The quantitative estimate of drug-likeness (QED) is 0.601. The van der Waals surface area contributed by atoms with E-state index in [1.54, 1.807) is 0 Å². The van der Waals surface area contributed by atoms with Gasteiger partial charge in [-0.15, -0.1) is 0 Å². The lowest BCUT2D eigenvalue weighted by Gasteiger charge is -2.00. The standard InChI is InChI=1S/C7H6F3NS/c8-7(9,10)5-11-3-1-6(12)2-4-11/h1-4H,5H2/q+1. The number of alkyl halides is 3. The lowest BCUT2D eigenvalue weighted by molar-refractivity contribution is -0.719. The van der Waals surface area contributed by atoms with Gasteiger partial charge in [0.1, 0.15) is 0 Å². The normalized spacial score (nSPS) is 11.6. The molecule has 0 bridgehead atoms. The van der Waals surface area contributed by atoms with E-state index >= 15 is 0 Å². The molecule has 0 aliphatic heterocycles. The molecule has 0 aliphatic rings. The van der Waals surface area contributed by atoms with Crippen molar-refractivity contribution in [2.75, 3.05) is 0 Å². The van der Waals surface area contributed by atoms with Crippen molar-refractivity contribution >= 4 is 12.6 Å². The molecule has 1 nitrogen and oxygen atoms in total. The van der Waals surface area contributed by atoms with Gasteiger partial charge in [0.25, 0.3) is 0 Å². The van der Waals surface area contributed by atoms with Crippen LogP contribution in [0.2, 0.25) is 0 Å². The smallest absolute Gasteiger partial charge is 0.196 e. The molecule has 1 rings (SSSR count). The fourth-order valence-electron chi connectivity index (χ4n) is 0.756. The Kier molecular flexibility index (Phi) is 2.52. The summed E-state index contributed by atoms with van der Waals surface area (Å²) in [6.07, 6.45) is -1.54. The number of pyridine rings is 1. The first-order valence-electron chi connectivity index (χ1n) is 3.20. The second-order valence-electron chi connectivity index (χ2n) is 2.32. The van der Waals surface area contributed by atoms with Gasteiger partial charge in [-0.25, -0.2) is 0 Å². The second-order valence-corrected chi connectivity index (χ2v) is 2.79. The Hall–Kier alpha value is -0.840. The maximum atomic E-state index is 11.8. The minimum absolute atomic E-state index is 0.536. The molecule has 0 unspecified atom stereocenters. The minimum atomic E-state index is -4.17. The maximum absolute atomic E-state index is 11.8. The molecule has 5 heteroatoms. The van der Waals surface area contributed by atoms with Crippen LogP contribution in [0, 0.1) is 0 Å². The Morgan fingerprint density at radius 1 is 1.25 bits per heavy atom. The largest absolute Gasteiger partial charge is 0.448 e. The van der Waals surface area contributed by atoms with Crippen molar-refractivity contribution in [3.05, 3.63) is 24.5 Å². The highest BCUT2D eigenvalue weighted by Crippen LogP contribution is 2.14. The molecule has 0 spiro atoms. The number of hydrogen-bond acceptors (Lipinski definition) is 0. The monoisotopic (exact) mass is 193 g/mol. The van der Waals surface area contributed by atoms with Crippen LogP contribution >= 0.6 is 12.6 Å². The molecule has 0 saturated heterocycles. The Bertz CT molecular complexity index is 254. The molecular weight excluding hydrogens is 187 g/mol. The first-order chi connectivity index (χ1) is 5.47. The van der Waals surface area contributed by atoms with Gasteiger partial charge in [-0.2, -0.15) is 17.7 Å². The zero-order valence-electron chi connectivity index (χ0n) is 6.01. The van der Waals surface area contributed by atoms with Crippen LogP contribution in [0.25, 0.3) is 0 Å². The van der Waals surface area contributed by atoms with Crippen molar-refractivity contribution in [1.29, 1.82) is 0 Å². The summed E-state index contributed by atoms with van der Waals surface area (Å²) < 4.78 is 36.4. The van der Waals surface area contributed by atoms with Crippen molar-refractivity contribution in [3.8, 4) is 0 Å². The molecule has 1 aromatic rings. The third-order valence-electron chi connectivity index (χ3n) is 1.22. The summed E-state index contributed by atoms with van der Waals surface area (Å²) in [6.45, 7) is -0.970. The van der Waals surface area contributed by atoms with Gasteiger partial charge in [0, 0.05) is 17.0 Å². The highest BCUT2D eigenvalue weighted by atomic mass is 32.1. The number of halogens is 3. The highest BCUT2D eigenvalue weighted by molar-refractivity contribution is 7.80. The van der Waals surface area contributed by atoms with Gasteiger partial charge in [0.15, 0.2) is 12.4 Å². The van der Waals surface area contributed by atoms with Gasteiger partial charge in [-0.1, -0.05) is 12.6 Å². The predicted octanol–water partition coefficient (Wildman–Crippen LogP) is 2.09. The molecule has 0 atom stereocenters. The van der Waals surface area contributed by atoms with E-state index in [1.165, 1.54) is 24.5 Å². The Morgan fingerprint density at radius 3 is 2.17 bits per heavy atom. The van der Waals surface area contributed by atoms with E-state index in [2.05, 4.69) is 0 Å². The predicted molar refractivity (Wildman–Crippen MR) is 38.5 cm³/mol. The lowest BCUT2D eigenvalue weighted by Crippen LogP contribution is -2.40. The zero-order valence-corrected chi connectivity index (χ0v) is 6.82. The van der Waals surface area contributed by atoms with Gasteiger partial charge in [0.2, 0.25) is 6.54 Å². The summed E-state index contributed by atoms with van der Waals surface area (Å²) >= 11 is 4.72. The molecule has 1 heterocycles. The molecule has 0 aromatic carbocycles. The fraction of sp³-hybridized carbons (Fsp3) is 0.286. The average molecular weight is 193 g/mol. The van der Waals surface area contributed by atoms with Crippen LogP contribution in [0.4, 0.5) is 13.2 Å². The van der Waals surface area contributed by atoms with Gasteiger partial charge < -0.3 is 0 Å². The zero-order chi connectivity index (χ0) is 9.19. The van der Waals surface area contributed by atoms with Crippen LogP contribution in [0.15, 0.2) is 29.4 Å². The van der Waals surface area contributed by atoms with E-state index in [1.807, 2.05) is 0 Å². The van der Waals surface area contributed by atoms with Crippen LogP contribution in [-0.2, 0) is 6.54 Å². The average Bonchev–Trinajstić information content (AvgIpc) is 1.91. The van der Waals surface area contributed by atoms with E-state index < -0.39 is 12.7 Å². The van der Waals surface area contributed by atoms with Crippen LogP contribution < -0.4 is 4.57 Å². The summed E-state index contributed by atoms with van der Waals surface area (Å²) in [4.78, 5) is 0.536. The Labute approximate surface area is 73.2 Å². The van der Waals surface area contributed by atoms with Crippen molar-refractivity contribution in [1.82, 2.24) is 0 Å². The topological polar surface area (TPSA) is 3.88 Å². The minimum Gasteiger partial charge on any atom is -0.196 e. The van der Waals surface area contributed by atoms with E-state index in [4.69, 9.17) is 12.6 Å². The first-order valence-corrected chi connectivity index (χ1v) is 3.61. The van der Waals surface area contributed by atoms with Crippen LogP contribution in [-0.4, -0.2) is 6.18 Å². The van der Waals surface area contributed by atoms with Crippen LogP contribution in [0.1, 0.15) is 0 Å². The Morgan fingerprint density at radius 2 is 1.75 bits per heavy atom. The third-order valence-corrected chi connectivity index (χ3v) is 1.49. The lowest BCUT2D eigenvalue weighted by atomic mass is 10.4. The second kappa shape index (κ2) is 3.26. The summed E-state index contributed by atoms with van der Waals surface area (Å²) in [5.74, 6) is 0. The molecule has 1 radical (unpaired) electrons. The molecule has 0 fully saturated rings. The Balaban J connectivity index is 2.71. The third kappa shape index (κ3) is 3.04. The summed E-state index contributed by atoms with van der Waals surface area (Å²) in [7, 11) is 0. The SMILES string of the molecule is FC(F)(F)C[n+]1ccc([S])cc1. The molecule has 12 heavy (non-hydrogen) atoms. The van der Waals surface area contributed by atoms with Gasteiger partial charge in [-0.3, -0.25) is 0 Å².